The summed E-state index contributed by atoms with van der Waals surface area (Å²) < 4.78 is 0. The second-order valence-electron chi connectivity index (χ2n) is 4.34. The minimum atomic E-state index is -1.09. The Bertz CT molecular complexity index is 711. The van der Waals surface area contributed by atoms with Gasteiger partial charge in [0, 0.05) is 35.8 Å². The predicted octanol–water partition coefficient (Wildman–Crippen LogP) is 2.14. The Balaban J connectivity index is 2.25. The number of hydrogen-bond acceptors (Lipinski definition) is 4. The summed E-state index contributed by atoms with van der Waals surface area (Å²) in [7, 11) is 0. The molecule has 1 amide bonds. The molecule has 0 aliphatic carbocycles. The molecule has 0 unspecified atom stereocenters. The average Bonchev–Trinajstić information content (AvgIpc) is 2.45. The van der Waals surface area contributed by atoms with E-state index in [2.05, 4.69) is 15.3 Å². The molecule has 0 aromatic carbocycles. The topological polar surface area (TPSA) is 92.2 Å². The summed E-state index contributed by atoms with van der Waals surface area (Å²) in [5.74, 6) is -1.44. The van der Waals surface area contributed by atoms with E-state index in [1.54, 1.807) is 18.5 Å². The van der Waals surface area contributed by atoms with Crippen molar-refractivity contribution in [1.82, 2.24) is 9.97 Å². The van der Waals surface area contributed by atoms with Gasteiger partial charge in [0.2, 0.25) is 0 Å². The van der Waals surface area contributed by atoms with E-state index >= 15 is 0 Å². The lowest BCUT2D eigenvalue weighted by Gasteiger charge is -2.07. The van der Waals surface area contributed by atoms with Gasteiger partial charge in [0.1, 0.15) is 0 Å². The monoisotopic (exact) mass is 283 g/mol. The van der Waals surface area contributed by atoms with Crippen LogP contribution in [0.3, 0.4) is 0 Å². The Morgan fingerprint density at radius 1 is 1.24 bits per heavy atom. The second-order valence-corrected chi connectivity index (χ2v) is 4.34. The molecule has 0 saturated carbocycles. The van der Waals surface area contributed by atoms with Gasteiger partial charge in [0.15, 0.2) is 0 Å². The van der Waals surface area contributed by atoms with Crippen LogP contribution in [0.15, 0.2) is 43.0 Å². The van der Waals surface area contributed by atoms with E-state index in [4.69, 9.17) is 5.11 Å². The standard InChI is InChI=1S/C15H13N3O3/c1-10-6-12(9-17-7-10)18-15(21)13-4-5-16-8-11(13)2-3-14(19)20/h2-9H,1H3,(H,18,21)(H,19,20)/b3-2+. The molecule has 0 aliphatic heterocycles. The first-order valence-electron chi connectivity index (χ1n) is 6.14. The Morgan fingerprint density at radius 3 is 2.76 bits per heavy atom. The fourth-order valence-electron chi connectivity index (χ4n) is 1.73. The number of pyridine rings is 2. The maximum absolute atomic E-state index is 12.2. The molecule has 2 N–H and O–H groups in total. The van der Waals surface area contributed by atoms with Gasteiger partial charge < -0.3 is 10.4 Å². The van der Waals surface area contributed by atoms with Gasteiger partial charge in [-0.1, -0.05) is 0 Å². The Morgan fingerprint density at radius 2 is 2.05 bits per heavy atom. The van der Waals surface area contributed by atoms with Crippen molar-refractivity contribution in [2.45, 2.75) is 6.92 Å². The van der Waals surface area contributed by atoms with Gasteiger partial charge in [0.05, 0.1) is 11.9 Å². The van der Waals surface area contributed by atoms with Gasteiger partial charge in [-0.25, -0.2) is 4.79 Å². The zero-order chi connectivity index (χ0) is 15.2. The van der Waals surface area contributed by atoms with Crippen molar-refractivity contribution in [3.63, 3.8) is 0 Å². The predicted molar refractivity (Wildman–Crippen MR) is 77.8 cm³/mol. The molecule has 6 heteroatoms. The lowest BCUT2D eigenvalue weighted by molar-refractivity contribution is -0.131. The van der Waals surface area contributed by atoms with Crippen molar-refractivity contribution >= 4 is 23.6 Å². The summed E-state index contributed by atoms with van der Waals surface area (Å²) >= 11 is 0. The zero-order valence-electron chi connectivity index (χ0n) is 11.3. The summed E-state index contributed by atoms with van der Waals surface area (Å²) in [5.41, 5.74) is 2.26. The summed E-state index contributed by atoms with van der Waals surface area (Å²) in [6.45, 7) is 1.87. The molecule has 2 aromatic heterocycles. The lowest BCUT2D eigenvalue weighted by Crippen LogP contribution is -2.13. The van der Waals surface area contributed by atoms with Crippen LogP contribution >= 0.6 is 0 Å². The molecule has 6 nitrogen and oxygen atoms in total. The Kier molecular flexibility index (Phi) is 4.40. The van der Waals surface area contributed by atoms with Crippen molar-refractivity contribution in [3.05, 3.63) is 59.7 Å². The second kappa shape index (κ2) is 6.42. The number of carbonyl (C=O) groups is 2. The fourth-order valence-corrected chi connectivity index (χ4v) is 1.73. The van der Waals surface area contributed by atoms with Crippen LogP contribution in [0.5, 0.6) is 0 Å². The molecule has 0 aliphatic rings. The molecule has 0 radical (unpaired) electrons. The van der Waals surface area contributed by atoms with Crippen molar-refractivity contribution in [3.8, 4) is 0 Å². The normalized spacial score (nSPS) is 10.5. The number of nitrogens with one attached hydrogen (secondary N) is 1. The van der Waals surface area contributed by atoms with Crippen molar-refractivity contribution in [2.24, 2.45) is 0 Å². The minimum Gasteiger partial charge on any atom is -0.478 e. The van der Waals surface area contributed by atoms with Crippen LogP contribution in [0.2, 0.25) is 0 Å². The molecular weight excluding hydrogens is 270 g/mol. The smallest absolute Gasteiger partial charge is 0.328 e. The van der Waals surface area contributed by atoms with E-state index in [0.717, 1.165) is 11.6 Å². The average molecular weight is 283 g/mol. The highest BCUT2D eigenvalue weighted by atomic mass is 16.4. The first-order chi connectivity index (χ1) is 10.1. The van der Waals surface area contributed by atoms with Crippen LogP contribution < -0.4 is 5.32 Å². The minimum absolute atomic E-state index is 0.337. The number of anilines is 1. The van der Waals surface area contributed by atoms with Gasteiger partial charge in [-0.15, -0.1) is 0 Å². The number of carboxylic acid groups (broad SMARTS) is 1. The van der Waals surface area contributed by atoms with Gasteiger partial charge in [-0.05, 0) is 30.7 Å². The van der Waals surface area contributed by atoms with Crippen LogP contribution in [0.25, 0.3) is 6.08 Å². The number of aromatic nitrogens is 2. The van der Waals surface area contributed by atoms with E-state index in [1.807, 2.05) is 6.92 Å². The summed E-state index contributed by atoms with van der Waals surface area (Å²) in [6.07, 6.45) is 8.42. The van der Waals surface area contributed by atoms with Crippen LogP contribution in [0.1, 0.15) is 21.5 Å². The van der Waals surface area contributed by atoms with E-state index < -0.39 is 5.97 Å². The van der Waals surface area contributed by atoms with Gasteiger partial charge in [-0.2, -0.15) is 0 Å². The number of hydrogen-bond donors (Lipinski definition) is 2. The number of carbonyl (C=O) groups excluding carboxylic acids is 1. The van der Waals surface area contributed by atoms with Crippen molar-refractivity contribution in [2.75, 3.05) is 5.32 Å². The van der Waals surface area contributed by atoms with E-state index in [1.165, 1.54) is 24.5 Å². The van der Waals surface area contributed by atoms with E-state index in [9.17, 15) is 9.59 Å². The molecule has 0 spiro atoms. The molecular formula is C15H13N3O3. The quantitative estimate of drug-likeness (QED) is 0.839. The van der Waals surface area contributed by atoms with Gasteiger partial charge in [-0.3, -0.25) is 14.8 Å². The molecule has 2 rings (SSSR count). The van der Waals surface area contributed by atoms with Crippen LogP contribution in [-0.2, 0) is 4.79 Å². The molecule has 0 fully saturated rings. The lowest BCUT2D eigenvalue weighted by atomic mass is 10.1. The SMILES string of the molecule is Cc1cncc(NC(=O)c2ccncc2/C=C/C(=O)O)c1. The number of aryl methyl sites for hydroxylation is 1. The first-order valence-corrected chi connectivity index (χ1v) is 6.14. The van der Waals surface area contributed by atoms with Crippen LogP contribution in [0, 0.1) is 6.92 Å². The van der Waals surface area contributed by atoms with Crippen molar-refractivity contribution in [1.29, 1.82) is 0 Å². The molecule has 0 saturated heterocycles. The summed E-state index contributed by atoms with van der Waals surface area (Å²) in [4.78, 5) is 30.7. The number of amides is 1. The molecule has 0 bridgehead atoms. The molecule has 106 valence electrons. The largest absolute Gasteiger partial charge is 0.478 e. The van der Waals surface area contributed by atoms with E-state index in [0.29, 0.717) is 16.8 Å². The third-order valence-electron chi connectivity index (χ3n) is 2.63. The Hall–Kier alpha value is -3.02. The van der Waals surface area contributed by atoms with E-state index in [-0.39, 0.29) is 5.91 Å². The maximum Gasteiger partial charge on any atom is 0.328 e. The van der Waals surface area contributed by atoms with Gasteiger partial charge in [0.25, 0.3) is 5.91 Å². The Labute approximate surface area is 121 Å². The highest BCUT2D eigenvalue weighted by Crippen LogP contribution is 2.13. The first kappa shape index (κ1) is 14.4. The summed E-state index contributed by atoms with van der Waals surface area (Å²) in [6, 6.07) is 3.32. The molecule has 2 aromatic rings. The highest BCUT2D eigenvalue weighted by Gasteiger charge is 2.10. The number of nitrogens with zero attached hydrogens (tertiary/aromatic N) is 2. The summed E-state index contributed by atoms with van der Waals surface area (Å²) in [5, 5.41) is 11.4. The maximum atomic E-state index is 12.2. The molecule has 0 atom stereocenters. The fraction of sp³-hybridized carbons (Fsp3) is 0.0667. The zero-order valence-corrected chi connectivity index (χ0v) is 11.3. The number of carboxylic acids is 1. The highest BCUT2D eigenvalue weighted by molar-refractivity contribution is 6.06. The third-order valence-corrected chi connectivity index (χ3v) is 2.63. The number of rotatable bonds is 4. The third kappa shape index (κ3) is 3.97. The van der Waals surface area contributed by atoms with Crippen LogP contribution in [0.4, 0.5) is 5.69 Å². The molecule has 21 heavy (non-hydrogen) atoms. The van der Waals surface area contributed by atoms with Crippen LogP contribution in [-0.4, -0.2) is 27.0 Å². The van der Waals surface area contributed by atoms with Gasteiger partial charge >= 0.3 is 5.97 Å². The van der Waals surface area contributed by atoms with Crippen molar-refractivity contribution < 1.29 is 14.7 Å². The number of aliphatic carboxylic acids is 1. The molecule has 2 heterocycles.